The molecule has 0 bridgehead atoms. The zero-order valence-corrected chi connectivity index (χ0v) is 14.8. The first-order chi connectivity index (χ1) is 13.1. The standard InChI is InChI=1S/C20H19F2N3O2/c1-27-14-2-3-18-15(9-14)16(11-23-18)12-4-6-25(7-5-12)20(26)19-17(22)8-13(21)10-24-19/h2-3,8-12,23H,4-7H2,1H3. The molecule has 0 saturated carbocycles. The molecule has 1 aromatic carbocycles. The van der Waals surface area contributed by atoms with Gasteiger partial charge in [-0.05, 0) is 42.5 Å². The number of piperidine rings is 1. The zero-order chi connectivity index (χ0) is 19.0. The number of carbonyl (C=O) groups is 1. The van der Waals surface area contributed by atoms with Crippen molar-refractivity contribution in [2.24, 2.45) is 0 Å². The molecule has 5 nitrogen and oxygen atoms in total. The van der Waals surface area contributed by atoms with Crippen LogP contribution < -0.4 is 4.74 Å². The zero-order valence-electron chi connectivity index (χ0n) is 14.8. The third-order valence-electron chi connectivity index (χ3n) is 5.15. The van der Waals surface area contributed by atoms with Crippen LogP contribution in [0.4, 0.5) is 8.78 Å². The van der Waals surface area contributed by atoms with Crippen molar-refractivity contribution in [1.29, 1.82) is 0 Å². The maximum Gasteiger partial charge on any atom is 0.275 e. The molecule has 4 rings (SSSR count). The van der Waals surface area contributed by atoms with Crippen LogP contribution in [0, 0.1) is 11.6 Å². The van der Waals surface area contributed by atoms with Crippen molar-refractivity contribution in [2.75, 3.05) is 20.2 Å². The van der Waals surface area contributed by atoms with Gasteiger partial charge in [-0.1, -0.05) is 0 Å². The minimum atomic E-state index is -0.925. The van der Waals surface area contributed by atoms with Gasteiger partial charge in [0.25, 0.3) is 5.91 Å². The first kappa shape index (κ1) is 17.5. The van der Waals surface area contributed by atoms with E-state index in [1.165, 1.54) is 5.56 Å². The van der Waals surface area contributed by atoms with Crippen LogP contribution in [0.2, 0.25) is 0 Å². The van der Waals surface area contributed by atoms with E-state index in [1.54, 1.807) is 12.0 Å². The third-order valence-corrected chi connectivity index (χ3v) is 5.15. The maximum absolute atomic E-state index is 13.8. The van der Waals surface area contributed by atoms with Gasteiger partial charge in [-0.3, -0.25) is 4.79 Å². The quantitative estimate of drug-likeness (QED) is 0.760. The molecule has 0 unspecified atom stereocenters. The number of benzene rings is 1. The second-order valence-corrected chi connectivity index (χ2v) is 6.71. The SMILES string of the molecule is COc1ccc2[nH]cc(C3CCN(C(=O)c4ncc(F)cc4F)CC3)c2c1. The van der Waals surface area contributed by atoms with E-state index in [2.05, 4.69) is 9.97 Å². The smallest absolute Gasteiger partial charge is 0.275 e. The van der Waals surface area contributed by atoms with E-state index in [4.69, 9.17) is 4.74 Å². The number of methoxy groups -OCH3 is 1. The summed E-state index contributed by atoms with van der Waals surface area (Å²) in [4.78, 5) is 21.0. The van der Waals surface area contributed by atoms with Crippen molar-refractivity contribution in [3.8, 4) is 5.75 Å². The van der Waals surface area contributed by atoms with Gasteiger partial charge in [-0.2, -0.15) is 0 Å². The molecule has 3 heterocycles. The lowest BCUT2D eigenvalue weighted by molar-refractivity contribution is 0.0702. The number of rotatable bonds is 3. The van der Waals surface area contributed by atoms with Crippen molar-refractivity contribution in [3.05, 3.63) is 59.6 Å². The Kier molecular flexibility index (Phi) is 4.51. The van der Waals surface area contributed by atoms with Gasteiger partial charge >= 0.3 is 0 Å². The first-order valence-corrected chi connectivity index (χ1v) is 8.82. The molecule has 1 fully saturated rings. The second kappa shape index (κ2) is 6.98. The average molecular weight is 371 g/mol. The van der Waals surface area contributed by atoms with E-state index in [1.807, 2.05) is 24.4 Å². The summed E-state index contributed by atoms with van der Waals surface area (Å²) in [6, 6.07) is 6.59. The van der Waals surface area contributed by atoms with Crippen molar-refractivity contribution in [3.63, 3.8) is 0 Å². The van der Waals surface area contributed by atoms with Gasteiger partial charge < -0.3 is 14.6 Å². The fourth-order valence-corrected chi connectivity index (χ4v) is 3.70. The van der Waals surface area contributed by atoms with Crippen LogP contribution in [0.25, 0.3) is 10.9 Å². The number of fused-ring (bicyclic) bond motifs is 1. The Balaban J connectivity index is 1.50. The number of hydrogen-bond acceptors (Lipinski definition) is 3. The Hall–Kier alpha value is -2.96. The van der Waals surface area contributed by atoms with Crippen molar-refractivity contribution in [2.45, 2.75) is 18.8 Å². The highest BCUT2D eigenvalue weighted by Crippen LogP contribution is 2.35. The molecule has 3 aromatic rings. The lowest BCUT2D eigenvalue weighted by Gasteiger charge is -2.31. The second-order valence-electron chi connectivity index (χ2n) is 6.71. The molecule has 1 amide bonds. The van der Waals surface area contributed by atoms with Crippen molar-refractivity contribution in [1.82, 2.24) is 14.9 Å². The summed E-state index contributed by atoms with van der Waals surface area (Å²) in [5.74, 6) is -1.12. The van der Waals surface area contributed by atoms with Crippen LogP contribution >= 0.6 is 0 Å². The summed E-state index contributed by atoms with van der Waals surface area (Å²) in [5, 5.41) is 1.12. The van der Waals surface area contributed by atoms with Gasteiger partial charge in [-0.25, -0.2) is 13.8 Å². The lowest BCUT2D eigenvalue weighted by Crippen LogP contribution is -2.38. The number of nitrogens with one attached hydrogen (secondary N) is 1. The predicted octanol–water partition coefficient (Wildman–Crippen LogP) is 3.87. The van der Waals surface area contributed by atoms with Gasteiger partial charge in [-0.15, -0.1) is 0 Å². The highest BCUT2D eigenvalue weighted by molar-refractivity contribution is 5.92. The summed E-state index contributed by atoms with van der Waals surface area (Å²) in [6.45, 7) is 0.997. The molecule has 7 heteroatoms. The number of amides is 1. The van der Waals surface area contributed by atoms with E-state index in [0.29, 0.717) is 25.1 Å². The van der Waals surface area contributed by atoms with Crippen LogP contribution in [-0.4, -0.2) is 41.0 Å². The fraction of sp³-hybridized carbons (Fsp3) is 0.300. The van der Waals surface area contributed by atoms with Gasteiger partial charge in [0.2, 0.25) is 0 Å². The molecular formula is C20H19F2N3O2. The van der Waals surface area contributed by atoms with Crippen LogP contribution in [0.1, 0.15) is 34.8 Å². The van der Waals surface area contributed by atoms with E-state index >= 15 is 0 Å². The molecule has 0 atom stereocenters. The molecule has 2 aromatic heterocycles. The van der Waals surface area contributed by atoms with Gasteiger partial charge in [0.1, 0.15) is 11.6 Å². The summed E-state index contributed by atoms with van der Waals surface area (Å²) in [6.07, 6.45) is 4.40. The summed E-state index contributed by atoms with van der Waals surface area (Å²) in [5.41, 5.74) is 1.91. The number of hydrogen-bond donors (Lipinski definition) is 1. The molecule has 140 valence electrons. The average Bonchev–Trinajstić information content (AvgIpc) is 3.10. The van der Waals surface area contributed by atoms with E-state index in [0.717, 1.165) is 35.7 Å². The fourth-order valence-electron chi connectivity index (χ4n) is 3.70. The first-order valence-electron chi connectivity index (χ1n) is 8.82. The Labute approximate surface area is 155 Å². The molecular weight excluding hydrogens is 352 g/mol. The summed E-state index contributed by atoms with van der Waals surface area (Å²) >= 11 is 0. The van der Waals surface area contributed by atoms with Gasteiger partial charge in [0, 0.05) is 36.3 Å². The van der Waals surface area contributed by atoms with Crippen molar-refractivity contribution < 1.29 is 18.3 Å². The topological polar surface area (TPSA) is 58.2 Å². The molecule has 27 heavy (non-hydrogen) atoms. The van der Waals surface area contributed by atoms with Crippen LogP contribution in [0.15, 0.2) is 36.7 Å². The minimum absolute atomic E-state index is 0.293. The molecule has 1 aliphatic heterocycles. The van der Waals surface area contributed by atoms with Gasteiger partial charge in [0.05, 0.1) is 13.3 Å². The molecule has 0 aliphatic carbocycles. The number of H-pyrrole nitrogens is 1. The Morgan fingerprint density at radius 1 is 1.26 bits per heavy atom. The minimum Gasteiger partial charge on any atom is -0.497 e. The lowest BCUT2D eigenvalue weighted by atomic mass is 9.89. The van der Waals surface area contributed by atoms with Crippen LogP contribution in [0.5, 0.6) is 5.75 Å². The highest BCUT2D eigenvalue weighted by Gasteiger charge is 2.28. The molecule has 1 N–H and O–H groups in total. The largest absolute Gasteiger partial charge is 0.497 e. The van der Waals surface area contributed by atoms with Crippen LogP contribution in [-0.2, 0) is 0 Å². The number of halogens is 2. The highest BCUT2D eigenvalue weighted by atomic mass is 19.1. The van der Waals surface area contributed by atoms with Gasteiger partial charge in [0.15, 0.2) is 11.5 Å². The maximum atomic E-state index is 13.8. The predicted molar refractivity (Wildman–Crippen MR) is 96.9 cm³/mol. The molecule has 0 spiro atoms. The Bertz CT molecular complexity index is 994. The van der Waals surface area contributed by atoms with E-state index in [9.17, 15) is 13.6 Å². The van der Waals surface area contributed by atoms with E-state index < -0.39 is 17.5 Å². The molecule has 1 aliphatic rings. The number of carbonyl (C=O) groups excluding carboxylic acids is 1. The number of likely N-dealkylation sites (tertiary alicyclic amines) is 1. The number of ether oxygens (including phenoxy) is 1. The molecule has 1 saturated heterocycles. The Morgan fingerprint density at radius 3 is 2.74 bits per heavy atom. The number of nitrogens with zero attached hydrogens (tertiary/aromatic N) is 2. The summed E-state index contributed by atoms with van der Waals surface area (Å²) < 4.78 is 32.2. The third kappa shape index (κ3) is 3.25. The van der Waals surface area contributed by atoms with Crippen molar-refractivity contribution >= 4 is 16.8 Å². The Morgan fingerprint density at radius 2 is 2.04 bits per heavy atom. The number of aromatic nitrogens is 2. The monoisotopic (exact) mass is 371 g/mol. The molecule has 0 radical (unpaired) electrons. The van der Waals surface area contributed by atoms with Crippen LogP contribution in [0.3, 0.4) is 0 Å². The number of aromatic amines is 1. The summed E-state index contributed by atoms with van der Waals surface area (Å²) in [7, 11) is 1.64. The number of pyridine rings is 1. The normalized spacial score (nSPS) is 15.3. The van der Waals surface area contributed by atoms with E-state index in [-0.39, 0.29) is 5.69 Å².